The summed E-state index contributed by atoms with van der Waals surface area (Å²) in [6, 6.07) is 5.81. The van der Waals surface area contributed by atoms with Gasteiger partial charge in [0.1, 0.15) is 24.9 Å². The number of rotatable bonds is 8. The first-order valence-electron chi connectivity index (χ1n) is 13.4. The Balaban J connectivity index is 1.39. The van der Waals surface area contributed by atoms with E-state index in [1.165, 1.54) is 42.2 Å². The maximum Gasteiger partial charge on any atom is 0.408 e. The number of imide groups is 1. The van der Waals surface area contributed by atoms with Crippen LogP contribution in [0, 0.1) is 5.82 Å². The molecule has 1 unspecified atom stereocenters. The number of aromatic nitrogens is 2. The lowest BCUT2D eigenvalue weighted by Crippen LogP contribution is -2.51. The van der Waals surface area contributed by atoms with Crippen LogP contribution in [0.5, 0.6) is 0 Å². The van der Waals surface area contributed by atoms with Gasteiger partial charge in [0.15, 0.2) is 11.3 Å². The number of halogens is 4. The molecule has 5 amide bonds. The van der Waals surface area contributed by atoms with E-state index in [-0.39, 0.29) is 29.1 Å². The molecule has 1 fully saturated rings. The van der Waals surface area contributed by atoms with Crippen molar-refractivity contribution in [3.8, 4) is 11.1 Å². The molecule has 2 aromatic carbocycles. The Kier molecular flexibility index (Phi) is 7.74. The van der Waals surface area contributed by atoms with Crippen LogP contribution < -0.4 is 10.6 Å². The zero-order valence-corrected chi connectivity index (χ0v) is 23.4. The predicted molar refractivity (Wildman–Crippen MR) is 145 cm³/mol. The number of likely N-dealkylation sites (N-methyl/N-ethyl adjacent to an activating group) is 1. The van der Waals surface area contributed by atoms with Gasteiger partial charge in [0.2, 0.25) is 11.8 Å². The van der Waals surface area contributed by atoms with Gasteiger partial charge in [0, 0.05) is 37.3 Å². The highest BCUT2D eigenvalue weighted by Gasteiger charge is 2.58. The van der Waals surface area contributed by atoms with Crippen molar-refractivity contribution in [1.29, 1.82) is 0 Å². The fraction of sp³-hybridized carbons (Fsp3) is 0.310. The van der Waals surface area contributed by atoms with Gasteiger partial charge in [-0.25, -0.2) is 9.18 Å². The Hall–Kier alpha value is -5.08. The lowest BCUT2D eigenvalue weighted by Gasteiger charge is -2.32. The van der Waals surface area contributed by atoms with Gasteiger partial charge in [-0.2, -0.15) is 18.3 Å². The van der Waals surface area contributed by atoms with Gasteiger partial charge in [0.05, 0.1) is 6.20 Å². The standard InChI is InChI=1S/C29H26F4N6O5/c1-16(29(31,32)33)38(12-17-3-6-20(30)7-4-17)25(42)15-39-26(43)28(36-27(39)44)10-23(40)21-9-18(5-8-22(21)28)19-11-35-37(13-19)14-24(41)34-2/h3-9,11,13,16H,10,12,14-15H2,1-2H3,(H,34,41)(H,36,44)/t16-,28?/m0/s1. The van der Waals surface area contributed by atoms with Crippen molar-refractivity contribution in [2.45, 2.75) is 44.2 Å². The minimum Gasteiger partial charge on any atom is -0.358 e. The summed E-state index contributed by atoms with van der Waals surface area (Å²) in [5, 5.41) is 9.10. The van der Waals surface area contributed by atoms with Gasteiger partial charge in [-0.05, 0) is 41.8 Å². The number of nitrogens with zero attached hydrogens (tertiary/aromatic N) is 4. The van der Waals surface area contributed by atoms with Crippen molar-refractivity contribution in [2.24, 2.45) is 0 Å². The van der Waals surface area contributed by atoms with Crippen LogP contribution in [0.1, 0.15) is 34.8 Å². The topological polar surface area (TPSA) is 134 Å². The number of urea groups is 1. The van der Waals surface area contributed by atoms with Crippen LogP contribution in [0.15, 0.2) is 54.9 Å². The maximum atomic E-state index is 13.7. The molecular weight excluding hydrogens is 588 g/mol. The zero-order chi connectivity index (χ0) is 32.0. The summed E-state index contributed by atoms with van der Waals surface area (Å²) in [5.41, 5.74) is -0.160. The number of amides is 5. The van der Waals surface area contributed by atoms with Gasteiger partial charge >= 0.3 is 12.2 Å². The average Bonchev–Trinajstić information content (AvgIpc) is 3.62. The Bertz CT molecular complexity index is 1670. The molecule has 15 heteroatoms. The highest BCUT2D eigenvalue weighted by molar-refractivity contribution is 6.17. The Morgan fingerprint density at radius 1 is 1.09 bits per heavy atom. The second-order valence-electron chi connectivity index (χ2n) is 10.6. The van der Waals surface area contributed by atoms with Gasteiger partial charge in [0.25, 0.3) is 5.91 Å². The van der Waals surface area contributed by atoms with Crippen molar-refractivity contribution < 1.29 is 41.5 Å². The molecule has 1 saturated heterocycles. The molecule has 1 aliphatic heterocycles. The molecule has 1 spiro atoms. The van der Waals surface area contributed by atoms with Crippen molar-refractivity contribution in [2.75, 3.05) is 13.6 Å². The lowest BCUT2D eigenvalue weighted by atomic mass is 9.90. The molecule has 0 bridgehead atoms. The lowest BCUT2D eigenvalue weighted by molar-refractivity contribution is -0.187. The highest BCUT2D eigenvalue weighted by atomic mass is 19.4. The Morgan fingerprint density at radius 3 is 2.45 bits per heavy atom. The van der Waals surface area contributed by atoms with Gasteiger partial charge in [-0.3, -0.25) is 28.8 Å². The Morgan fingerprint density at radius 2 is 1.80 bits per heavy atom. The monoisotopic (exact) mass is 614 g/mol. The van der Waals surface area contributed by atoms with Crippen LogP contribution in [0.3, 0.4) is 0 Å². The molecule has 1 aliphatic carbocycles. The fourth-order valence-corrected chi connectivity index (χ4v) is 5.29. The highest BCUT2D eigenvalue weighted by Crippen LogP contribution is 2.43. The number of hydrogen-bond acceptors (Lipinski definition) is 6. The molecular formula is C29H26F4N6O5. The average molecular weight is 615 g/mol. The maximum absolute atomic E-state index is 13.7. The fourth-order valence-electron chi connectivity index (χ4n) is 5.29. The molecule has 11 nitrogen and oxygen atoms in total. The number of ketones is 1. The van der Waals surface area contributed by atoms with E-state index in [0.29, 0.717) is 20.9 Å². The largest absolute Gasteiger partial charge is 0.408 e. The van der Waals surface area contributed by atoms with E-state index in [1.807, 2.05) is 0 Å². The third-order valence-corrected chi connectivity index (χ3v) is 7.75. The zero-order valence-electron chi connectivity index (χ0n) is 23.4. The summed E-state index contributed by atoms with van der Waals surface area (Å²) < 4.78 is 55.8. The van der Waals surface area contributed by atoms with Crippen molar-refractivity contribution in [3.63, 3.8) is 0 Å². The van der Waals surface area contributed by atoms with E-state index in [0.717, 1.165) is 19.1 Å². The van der Waals surface area contributed by atoms with Crippen LogP contribution in [-0.2, 0) is 33.0 Å². The first kappa shape index (κ1) is 30.4. The number of carbonyl (C=O) groups excluding carboxylic acids is 5. The SMILES string of the molecule is CNC(=O)Cn1cc(-c2ccc3c(c2)C(=O)CC32NC(=O)N(CC(=O)N(Cc3ccc(F)cc3)[C@@H](C)C(F)(F)F)C2=O)cn1. The number of benzene rings is 2. The summed E-state index contributed by atoms with van der Waals surface area (Å²) in [6.07, 6.45) is -2.19. The summed E-state index contributed by atoms with van der Waals surface area (Å²) in [4.78, 5) is 65.6. The Labute approximate surface area is 247 Å². The molecule has 2 aliphatic rings. The summed E-state index contributed by atoms with van der Waals surface area (Å²) >= 11 is 0. The second kappa shape index (κ2) is 11.2. The van der Waals surface area contributed by atoms with E-state index < -0.39 is 66.7 Å². The summed E-state index contributed by atoms with van der Waals surface area (Å²) in [5.74, 6) is -3.47. The van der Waals surface area contributed by atoms with Crippen molar-refractivity contribution in [3.05, 3.63) is 77.4 Å². The van der Waals surface area contributed by atoms with Crippen LogP contribution in [0.4, 0.5) is 22.4 Å². The molecule has 230 valence electrons. The third-order valence-electron chi connectivity index (χ3n) is 7.75. The first-order chi connectivity index (χ1) is 20.7. The van der Waals surface area contributed by atoms with Crippen molar-refractivity contribution in [1.82, 2.24) is 30.2 Å². The normalized spacial score (nSPS) is 18.4. The van der Waals surface area contributed by atoms with Crippen molar-refractivity contribution >= 4 is 29.5 Å². The van der Waals surface area contributed by atoms with Crippen LogP contribution in [-0.4, -0.2) is 74.9 Å². The number of fused-ring (bicyclic) bond motifs is 2. The predicted octanol–water partition coefficient (Wildman–Crippen LogP) is 2.75. The molecule has 3 aromatic rings. The molecule has 0 saturated carbocycles. The summed E-state index contributed by atoms with van der Waals surface area (Å²) in [6.45, 7) is -0.833. The van der Waals surface area contributed by atoms with E-state index in [9.17, 15) is 41.5 Å². The van der Waals surface area contributed by atoms with Crippen LogP contribution in [0.25, 0.3) is 11.1 Å². The summed E-state index contributed by atoms with van der Waals surface area (Å²) in [7, 11) is 1.49. The van der Waals surface area contributed by atoms with E-state index in [2.05, 4.69) is 15.7 Å². The number of nitrogens with one attached hydrogen (secondary N) is 2. The molecule has 2 N–H and O–H groups in total. The van der Waals surface area contributed by atoms with Gasteiger partial charge in [-0.15, -0.1) is 0 Å². The molecule has 44 heavy (non-hydrogen) atoms. The number of alkyl halides is 3. The molecule has 1 aromatic heterocycles. The quantitative estimate of drug-likeness (QED) is 0.296. The van der Waals surface area contributed by atoms with Crippen LogP contribution >= 0.6 is 0 Å². The molecule has 2 atom stereocenters. The second-order valence-corrected chi connectivity index (χ2v) is 10.6. The first-order valence-corrected chi connectivity index (χ1v) is 13.4. The number of carbonyl (C=O) groups is 5. The minimum absolute atomic E-state index is 0.0261. The minimum atomic E-state index is -4.83. The van der Waals surface area contributed by atoms with Gasteiger partial charge in [-0.1, -0.05) is 24.3 Å². The van der Waals surface area contributed by atoms with E-state index >= 15 is 0 Å². The molecule has 5 rings (SSSR count). The molecule has 0 radical (unpaired) electrons. The molecule has 2 heterocycles. The van der Waals surface area contributed by atoms with E-state index in [4.69, 9.17) is 0 Å². The number of Topliss-reactive ketones (excluding diaryl/α,β-unsaturated/α-hetero) is 1. The van der Waals surface area contributed by atoms with Crippen LogP contribution in [0.2, 0.25) is 0 Å². The third kappa shape index (κ3) is 5.52. The van der Waals surface area contributed by atoms with E-state index in [1.54, 1.807) is 12.3 Å². The number of hydrogen-bond donors (Lipinski definition) is 2. The van der Waals surface area contributed by atoms with Gasteiger partial charge < -0.3 is 15.5 Å². The smallest absolute Gasteiger partial charge is 0.358 e.